The number of hydrogen-bond acceptors (Lipinski definition) is 2. The molecule has 0 bridgehead atoms. The number of rotatable bonds is 6. The van der Waals surface area contributed by atoms with E-state index in [1.54, 1.807) is 0 Å². The first-order valence-corrected chi connectivity index (χ1v) is 5.63. The maximum Gasteiger partial charge on any atom is 0.411 e. The number of benzene rings is 1. The van der Waals surface area contributed by atoms with Crippen LogP contribution in [0.15, 0.2) is 18.2 Å². The Kier molecular flexibility index (Phi) is 5.68. The van der Waals surface area contributed by atoms with Crippen molar-refractivity contribution in [3.8, 4) is 0 Å². The molecule has 1 aromatic carbocycles. The lowest BCUT2D eigenvalue weighted by molar-refractivity contribution is -0.173. The molecular weight excluding hydrogens is 269 g/mol. The number of hydrogen-bond donors (Lipinski definition) is 1. The largest absolute Gasteiger partial charge is 0.411 e. The van der Waals surface area contributed by atoms with Crippen molar-refractivity contribution in [2.45, 2.75) is 19.1 Å². The molecule has 0 aliphatic heterocycles. The summed E-state index contributed by atoms with van der Waals surface area (Å²) in [6, 6.07) is 2.83. The Morgan fingerprint density at radius 2 is 1.79 bits per heavy atom. The first-order valence-electron chi connectivity index (χ1n) is 5.63. The number of nitrogens with one attached hydrogen (secondary N) is 1. The van der Waals surface area contributed by atoms with Gasteiger partial charge in [-0.05, 0) is 19.1 Å². The van der Waals surface area contributed by atoms with E-state index in [4.69, 9.17) is 0 Å². The molecule has 19 heavy (non-hydrogen) atoms. The van der Waals surface area contributed by atoms with Crippen LogP contribution < -0.4 is 5.32 Å². The molecule has 0 heterocycles. The Labute approximate surface area is 107 Å². The van der Waals surface area contributed by atoms with E-state index in [0.29, 0.717) is 0 Å². The summed E-state index contributed by atoms with van der Waals surface area (Å²) >= 11 is 0. The highest BCUT2D eigenvalue weighted by Crippen LogP contribution is 2.20. The highest BCUT2D eigenvalue weighted by atomic mass is 19.4. The van der Waals surface area contributed by atoms with Crippen LogP contribution in [0.3, 0.4) is 0 Å². The molecule has 0 radical (unpaired) electrons. The quantitative estimate of drug-likeness (QED) is 0.639. The Bertz CT molecular complexity index is 387. The van der Waals surface area contributed by atoms with Gasteiger partial charge in [-0.15, -0.1) is 0 Å². The van der Waals surface area contributed by atoms with Crippen LogP contribution in [0.2, 0.25) is 0 Å². The van der Waals surface area contributed by atoms with Gasteiger partial charge < -0.3 is 10.1 Å². The van der Waals surface area contributed by atoms with Gasteiger partial charge in [-0.1, -0.05) is 6.07 Å². The second kappa shape index (κ2) is 6.81. The van der Waals surface area contributed by atoms with Gasteiger partial charge in [-0.2, -0.15) is 13.2 Å². The number of ether oxygens (including phenoxy) is 1. The van der Waals surface area contributed by atoms with Gasteiger partial charge in [0, 0.05) is 18.2 Å². The van der Waals surface area contributed by atoms with Crippen molar-refractivity contribution in [2.75, 3.05) is 19.8 Å². The Morgan fingerprint density at radius 1 is 1.21 bits per heavy atom. The zero-order valence-electron chi connectivity index (χ0n) is 10.2. The lowest BCUT2D eigenvalue weighted by Crippen LogP contribution is -2.27. The normalized spacial score (nSPS) is 13.6. The highest BCUT2D eigenvalue weighted by molar-refractivity contribution is 5.22. The van der Waals surface area contributed by atoms with Gasteiger partial charge in [0.2, 0.25) is 0 Å². The van der Waals surface area contributed by atoms with Crippen LogP contribution in [0.1, 0.15) is 18.5 Å². The summed E-state index contributed by atoms with van der Waals surface area (Å²) in [7, 11) is 0. The molecule has 0 aliphatic carbocycles. The summed E-state index contributed by atoms with van der Waals surface area (Å²) in [5, 5.41) is 2.69. The summed E-state index contributed by atoms with van der Waals surface area (Å²) in [6.45, 7) is 0.0489. The van der Waals surface area contributed by atoms with Crippen molar-refractivity contribution >= 4 is 0 Å². The van der Waals surface area contributed by atoms with Crippen molar-refractivity contribution < 1.29 is 26.7 Å². The van der Waals surface area contributed by atoms with E-state index < -0.39 is 30.5 Å². The van der Waals surface area contributed by atoms with Gasteiger partial charge in [-0.25, -0.2) is 8.78 Å². The van der Waals surface area contributed by atoms with Crippen LogP contribution in [0.4, 0.5) is 22.0 Å². The van der Waals surface area contributed by atoms with Crippen molar-refractivity contribution in [1.29, 1.82) is 0 Å². The molecule has 108 valence electrons. The van der Waals surface area contributed by atoms with Gasteiger partial charge >= 0.3 is 6.18 Å². The first-order chi connectivity index (χ1) is 8.81. The highest BCUT2D eigenvalue weighted by Gasteiger charge is 2.27. The van der Waals surface area contributed by atoms with Crippen LogP contribution in [-0.4, -0.2) is 25.9 Å². The van der Waals surface area contributed by atoms with E-state index in [1.807, 2.05) is 0 Å². The van der Waals surface area contributed by atoms with Gasteiger partial charge in [-0.3, -0.25) is 0 Å². The molecule has 2 nitrogen and oxygen atoms in total. The Balaban J connectivity index is 2.38. The molecule has 1 unspecified atom stereocenters. The lowest BCUT2D eigenvalue weighted by atomic mass is 10.1. The summed E-state index contributed by atoms with van der Waals surface area (Å²) in [5.41, 5.74) is -0.140. The molecule has 1 rings (SSSR count). The van der Waals surface area contributed by atoms with Crippen molar-refractivity contribution in [3.63, 3.8) is 0 Å². The zero-order chi connectivity index (χ0) is 14.5. The van der Waals surface area contributed by atoms with Crippen LogP contribution >= 0.6 is 0 Å². The molecule has 0 amide bonds. The van der Waals surface area contributed by atoms with Crippen LogP contribution in [0.25, 0.3) is 0 Å². The predicted octanol–water partition coefficient (Wildman–Crippen LogP) is 3.19. The zero-order valence-corrected chi connectivity index (χ0v) is 10.2. The fourth-order valence-corrected chi connectivity index (χ4v) is 1.56. The molecule has 0 aromatic heterocycles. The molecule has 1 aromatic rings. The molecule has 0 spiro atoms. The molecule has 1 N–H and O–H groups in total. The third-order valence-corrected chi connectivity index (χ3v) is 2.40. The lowest BCUT2D eigenvalue weighted by Gasteiger charge is -2.16. The number of alkyl halides is 3. The third kappa shape index (κ3) is 5.52. The van der Waals surface area contributed by atoms with Gasteiger partial charge in [0.1, 0.15) is 18.2 Å². The minimum atomic E-state index is -4.37. The molecule has 1 atom stereocenters. The maximum absolute atomic E-state index is 13.4. The monoisotopic (exact) mass is 283 g/mol. The molecule has 0 saturated heterocycles. The molecule has 0 fully saturated rings. The summed E-state index contributed by atoms with van der Waals surface area (Å²) in [5.74, 6) is -1.40. The number of halogens is 5. The van der Waals surface area contributed by atoms with E-state index in [9.17, 15) is 22.0 Å². The van der Waals surface area contributed by atoms with Gasteiger partial charge in [0.05, 0.1) is 6.61 Å². The van der Waals surface area contributed by atoms with Crippen LogP contribution in [-0.2, 0) is 4.74 Å². The maximum atomic E-state index is 13.4. The first kappa shape index (κ1) is 15.8. The van der Waals surface area contributed by atoms with Crippen molar-refractivity contribution in [2.24, 2.45) is 0 Å². The standard InChI is InChI=1S/C12H14F5NO/c1-8(11-9(13)3-2-4-10(11)14)18-5-6-19-7-12(15,16)17/h2-4,8,18H,5-7H2,1H3. The predicted molar refractivity (Wildman–Crippen MR) is 59.6 cm³/mol. The molecule has 0 saturated carbocycles. The Hall–Kier alpha value is -1.21. The minimum Gasteiger partial charge on any atom is -0.371 e. The van der Waals surface area contributed by atoms with Crippen LogP contribution in [0.5, 0.6) is 0 Å². The molecule has 7 heteroatoms. The average molecular weight is 283 g/mol. The minimum absolute atomic E-state index is 0.0605. The van der Waals surface area contributed by atoms with Gasteiger partial charge in [0.15, 0.2) is 0 Å². The van der Waals surface area contributed by atoms with Crippen molar-refractivity contribution in [1.82, 2.24) is 5.32 Å². The van der Waals surface area contributed by atoms with E-state index in [2.05, 4.69) is 10.1 Å². The van der Waals surface area contributed by atoms with Crippen LogP contribution in [0, 0.1) is 11.6 Å². The SMILES string of the molecule is CC(NCCOCC(F)(F)F)c1c(F)cccc1F. The van der Waals surface area contributed by atoms with Crippen molar-refractivity contribution in [3.05, 3.63) is 35.4 Å². The average Bonchev–Trinajstić information content (AvgIpc) is 2.26. The fraction of sp³-hybridized carbons (Fsp3) is 0.500. The summed E-state index contributed by atoms with van der Waals surface area (Å²) in [6.07, 6.45) is -4.37. The Morgan fingerprint density at radius 3 is 2.32 bits per heavy atom. The topological polar surface area (TPSA) is 21.3 Å². The third-order valence-electron chi connectivity index (χ3n) is 2.40. The van der Waals surface area contributed by atoms with E-state index in [0.717, 1.165) is 12.1 Å². The smallest absolute Gasteiger partial charge is 0.371 e. The summed E-state index contributed by atoms with van der Waals surface area (Å²) in [4.78, 5) is 0. The fourth-order valence-electron chi connectivity index (χ4n) is 1.56. The molecular formula is C12H14F5NO. The van der Waals surface area contributed by atoms with E-state index in [1.165, 1.54) is 13.0 Å². The second-order valence-corrected chi connectivity index (χ2v) is 3.98. The summed E-state index contributed by atoms with van der Waals surface area (Å²) < 4.78 is 66.4. The van der Waals surface area contributed by atoms with E-state index >= 15 is 0 Å². The van der Waals surface area contributed by atoms with Gasteiger partial charge in [0.25, 0.3) is 0 Å². The van der Waals surface area contributed by atoms with E-state index in [-0.39, 0.29) is 18.7 Å². The molecule has 0 aliphatic rings. The second-order valence-electron chi connectivity index (χ2n) is 3.98.